The standard InChI is InChI=1S/C19H17NO3/c1-2-13-3-6-15-9-10-20(18(21)17(15)11-13)12-14-4-7-16(8-5-14)19(22)23/h3-11H,2,12H2,1H3,(H,22,23). The lowest BCUT2D eigenvalue weighted by atomic mass is 10.1. The number of aromatic carboxylic acids is 1. The van der Waals surface area contributed by atoms with Gasteiger partial charge in [-0.1, -0.05) is 31.2 Å². The minimum atomic E-state index is -0.952. The van der Waals surface area contributed by atoms with Crippen molar-refractivity contribution in [2.75, 3.05) is 0 Å². The van der Waals surface area contributed by atoms with Gasteiger partial charge in [-0.05, 0) is 47.2 Å². The lowest BCUT2D eigenvalue weighted by molar-refractivity contribution is 0.0697. The van der Waals surface area contributed by atoms with E-state index in [2.05, 4.69) is 6.92 Å². The van der Waals surface area contributed by atoms with E-state index >= 15 is 0 Å². The topological polar surface area (TPSA) is 59.3 Å². The minimum Gasteiger partial charge on any atom is -0.478 e. The number of pyridine rings is 1. The van der Waals surface area contributed by atoms with Gasteiger partial charge in [-0.25, -0.2) is 4.79 Å². The zero-order valence-corrected chi connectivity index (χ0v) is 12.8. The number of aromatic nitrogens is 1. The molecule has 0 radical (unpaired) electrons. The molecule has 1 aromatic heterocycles. The van der Waals surface area contributed by atoms with Gasteiger partial charge in [0.25, 0.3) is 5.56 Å². The number of fused-ring (bicyclic) bond motifs is 1. The predicted octanol–water partition coefficient (Wildman–Crippen LogP) is 3.31. The van der Waals surface area contributed by atoms with Crippen LogP contribution in [0.25, 0.3) is 10.8 Å². The van der Waals surface area contributed by atoms with Crippen LogP contribution in [0.3, 0.4) is 0 Å². The van der Waals surface area contributed by atoms with Crippen molar-refractivity contribution in [3.05, 3.63) is 81.8 Å². The van der Waals surface area contributed by atoms with Crippen LogP contribution in [0.15, 0.2) is 59.5 Å². The second-order valence-corrected chi connectivity index (χ2v) is 5.53. The summed E-state index contributed by atoms with van der Waals surface area (Å²) in [6, 6.07) is 14.5. The van der Waals surface area contributed by atoms with Crippen molar-refractivity contribution < 1.29 is 9.90 Å². The molecule has 0 spiro atoms. The van der Waals surface area contributed by atoms with E-state index < -0.39 is 5.97 Å². The van der Waals surface area contributed by atoms with Gasteiger partial charge in [-0.3, -0.25) is 4.79 Å². The van der Waals surface area contributed by atoms with E-state index in [1.54, 1.807) is 35.0 Å². The quantitative estimate of drug-likeness (QED) is 0.804. The molecule has 0 amide bonds. The van der Waals surface area contributed by atoms with Gasteiger partial charge in [-0.15, -0.1) is 0 Å². The Bertz CT molecular complexity index is 923. The molecule has 23 heavy (non-hydrogen) atoms. The van der Waals surface area contributed by atoms with Gasteiger partial charge in [0.1, 0.15) is 0 Å². The van der Waals surface area contributed by atoms with Gasteiger partial charge in [-0.2, -0.15) is 0 Å². The molecule has 3 rings (SSSR count). The molecule has 0 saturated carbocycles. The molecule has 0 aliphatic carbocycles. The van der Waals surface area contributed by atoms with Gasteiger partial charge in [0, 0.05) is 11.6 Å². The zero-order valence-electron chi connectivity index (χ0n) is 12.8. The van der Waals surface area contributed by atoms with Gasteiger partial charge in [0.15, 0.2) is 0 Å². The molecule has 3 aromatic rings. The highest BCUT2D eigenvalue weighted by Gasteiger charge is 2.06. The Balaban J connectivity index is 1.98. The molecule has 0 fully saturated rings. The number of hydrogen-bond donors (Lipinski definition) is 1. The van der Waals surface area contributed by atoms with E-state index in [4.69, 9.17) is 5.11 Å². The molecule has 4 nitrogen and oxygen atoms in total. The molecule has 0 unspecified atom stereocenters. The maximum Gasteiger partial charge on any atom is 0.335 e. The summed E-state index contributed by atoms with van der Waals surface area (Å²) in [6.45, 7) is 2.48. The molecule has 1 heterocycles. The number of aryl methyl sites for hydroxylation is 1. The summed E-state index contributed by atoms with van der Waals surface area (Å²) in [4.78, 5) is 23.5. The van der Waals surface area contributed by atoms with Crippen LogP contribution in [-0.2, 0) is 13.0 Å². The number of hydrogen-bond acceptors (Lipinski definition) is 2. The van der Waals surface area contributed by atoms with Crippen molar-refractivity contribution in [3.63, 3.8) is 0 Å². The largest absolute Gasteiger partial charge is 0.478 e. The number of carboxylic acid groups (broad SMARTS) is 1. The number of rotatable bonds is 4. The Hall–Kier alpha value is -2.88. The summed E-state index contributed by atoms with van der Waals surface area (Å²) in [6.07, 6.45) is 2.67. The van der Waals surface area contributed by atoms with Crippen molar-refractivity contribution in [2.24, 2.45) is 0 Å². The first-order valence-corrected chi connectivity index (χ1v) is 7.53. The van der Waals surface area contributed by atoms with E-state index in [1.807, 2.05) is 24.3 Å². The SMILES string of the molecule is CCc1ccc2ccn(Cc3ccc(C(=O)O)cc3)c(=O)c2c1. The normalized spacial score (nSPS) is 10.8. The van der Waals surface area contributed by atoms with Crippen LogP contribution in [0.2, 0.25) is 0 Å². The van der Waals surface area contributed by atoms with Gasteiger partial charge >= 0.3 is 5.97 Å². The summed E-state index contributed by atoms with van der Waals surface area (Å²) >= 11 is 0. The maximum absolute atomic E-state index is 12.6. The van der Waals surface area contributed by atoms with Gasteiger partial charge in [0.05, 0.1) is 12.1 Å². The number of carbonyl (C=O) groups is 1. The first-order valence-electron chi connectivity index (χ1n) is 7.53. The Labute approximate surface area is 133 Å². The Kier molecular flexibility index (Phi) is 3.98. The highest BCUT2D eigenvalue weighted by atomic mass is 16.4. The first kappa shape index (κ1) is 15.0. The van der Waals surface area contributed by atoms with Crippen LogP contribution >= 0.6 is 0 Å². The van der Waals surface area contributed by atoms with Crippen LogP contribution in [0.4, 0.5) is 0 Å². The molecular weight excluding hydrogens is 290 g/mol. The van der Waals surface area contributed by atoms with Crippen LogP contribution in [-0.4, -0.2) is 15.6 Å². The Morgan fingerprint density at radius 3 is 2.39 bits per heavy atom. The van der Waals surface area contributed by atoms with E-state index in [-0.39, 0.29) is 11.1 Å². The van der Waals surface area contributed by atoms with Crippen LogP contribution in [0.5, 0.6) is 0 Å². The average Bonchev–Trinajstić information content (AvgIpc) is 2.57. The van der Waals surface area contributed by atoms with E-state index in [0.29, 0.717) is 11.9 Å². The second kappa shape index (κ2) is 6.08. The summed E-state index contributed by atoms with van der Waals surface area (Å²) in [5.41, 5.74) is 2.24. The molecule has 0 bridgehead atoms. The van der Waals surface area contributed by atoms with Crippen LogP contribution < -0.4 is 5.56 Å². The summed E-state index contributed by atoms with van der Waals surface area (Å²) in [5.74, 6) is -0.952. The van der Waals surface area contributed by atoms with Crippen molar-refractivity contribution in [3.8, 4) is 0 Å². The van der Waals surface area contributed by atoms with E-state index in [0.717, 1.165) is 22.9 Å². The maximum atomic E-state index is 12.6. The van der Waals surface area contributed by atoms with Crippen molar-refractivity contribution >= 4 is 16.7 Å². The second-order valence-electron chi connectivity index (χ2n) is 5.53. The third kappa shape index (κ3) is 3.01. The highest BCUT2D eigenvalue weighted by Crippen LogP contribution is 2.13. The fraction of sp³-hybridized carbons (Fsp3) is 0.158. The zero-order chi connectivity index (χ0) is 16.4. The van der Waals surface area contributed by atoms with Crippen molar-refractivity contribution in [1.82, 2.24) is 4.57 Å². The van der Waals surface area contributed by atoms with Crippen molar-refractivity contribution in [1.29, 1.82) is 0 Å². The molecule has 1 N–H and O–H groups in total. The molecule has 0 atom stereocenters. The number of nitrogens with zero attached hydrogens (tertiary/aromatic N) is 1. The predicted molar refractivity (Wildman–Crippen MR) is 90.1 cm³/mol. The van der Waals surface area contributed by atoms with E-state index in [1.165, 1.54) is 0 Å². The summed E-state index contributed by atoms with van der Waals surface area (Å²) in [7, 11) is 0. The van der Waals surface area contributed by atoms with Crippen LogP contribution in [0, 0.1) is 0 Å². The highest BCUT2D eigenvalue weighted by molar-refractivity contribution is 5.87. The number of benzene rings is 2. The minimum absolute atomic E-state index is 0.0277. The van der Waals surface area contributed by atoms with Gasteiger partial charge < -0.3 is 9.67 Å². The molecular formula is C19H17NO3. The first-order chi connectivity index (χ1) is 11.1. The third-order valence-corrected chi connectivity index (χ3v) is 4.01. The van der Waals surface area contributed by atoms with Gasteiger partial charge in [0.2, 0.25) is 0 Å². The molecule has 0 aliphatic rings. The van der Waals surface area contributed by atoms with Crippen molar-refractivity contribution in [2.45, 2.75) is 19.9 Å². The molecule has 4 heteroatoms. The fourth-order valence-corrected chi connectivity index (χ4v) is 2.62. The molecule has 0 saturated heterocycles. The van der Waals surface area contributed by atoms with E-state index in [9.17, 15) is 9.59 Å². The lowest BCUT2D eigenvalue weighted by Gasteiger charge is -2.08. The molecule has 0 aliphatic heterocycles. The Morgan fingerprint density at radius 2 is 1.74 bits per heavy atom. The molecule has 116 valence electrons. The lowest BCUT2D eigenvalue weighted by Crippen LogP contribution is -2.20. The number of carboxylic acids is 1. The summed E-state index contributed by atoms with van der Waals surface area (Å²) in [5, 5.41) is 10.6. The van der Waals surface area contributed by atoms with Crippen LogP contribution in [0.1, 0.15) is 28.4 Å². The fourth-order valence-electron chi connectivity index (χ4n) is 2.62. The summed E-state index contributed by atoms with van der Waals surface area (Å²) < 4.78 is 1.65. The monoisotopic (exact) mass is 307 g/mol. The average molecular weight is 307 g/mol. The molecule has 2 aromatic carbocycles. The smallest absolute Gasteiger partial charge is 0.335 e. The Morgan fingerprint density at radius 1 is 1.04 bits per heavy atom. The third-order valence-electron chi connectivity index (χ3n) is 4.01.